The predicted molar refractivity (Wildman–Crippen MR) is 128 cm³/mol. The van der Waals surface area contributed by atoms with E-state index in [1.165, 1.54) is 28.1 Å². The minimum Gasteiger partial charge on any atom is -0.493 e. The average molecular weight is 417 g/mol. The van der Waals surface area contributed by atoms with Crippen LogP contribution in [0, 0.1) is 0 Å². The maximum absolute atomic E-state index is 5.65. The van der Waals surface area contributed by atoms with Gasteiger partial charge in [0, 0.05) is 17.9 Å². The van der Waals surface area contributed by atoms with Crippen molar-refractivity contribution in [1.82, 2.24) is 4.90 Å². The minimum atomic E-state index is 0.130. The topological polar surface area (TPSA) is 24.9 Å². The van der Waals surface area contributed by atoms with Crippen LogP contribution in [0.4, 0.5) is 11.4 Å². The molecule has 0 amide bonds. The van der Waals surface area contributed by atoms with Gasteiger partial charge in [-0.1, -0.05) is 49.4 Å². The highest BCUT2D eigenvalue weighted by atomic mass is 16.5. The van der Waals surface area contributed by atoms with Crippen molar-refractivity contribution in [3.63, 3.8) is 0 Å². The molecular weight excluding hydrogens is 384 g/mol. The number of hydrogen-bond donors (Lipinski definition) is 0. The first-order valence-corrected chi connectivity index (χ1v) is 11.0. The highest BCUT2D eigenvalue weighted by Crippen LogP contribution is 2.43. The normalized spacial score (nSPS) is 13.9. The van der Waals surface area contributed by atoms with Gasteiger partial charge in [-0.15, -0.1) is 0 Å². The molecule has 162 valence electrons. The predicted octanol–water partition coefficient (Wildman–Crippen LogP) is 5.63. The molecule has 0 spiro atoms. The minimum absolute atomic E-state index is 0.130. The lowest BCUT2D eigenvalue weighted by molar-refractivity contribution is 0.325. The zero-order valence-electron chi connectivity index (χ0n) is 19.0. The Morgan fingerprint density at radius 3 is 1.97 bits per heavy atom. The van der Waals surface area contributed by atoms with Crippen LogP contribution in [0.5, 0.6) is 11.5 Å². The number of likely N-dealkylation sites (N-methyl/N-ethyl adjacent to an activating group) is 1. The van der Waals surface area contributed by atoms with Crippen molar-refractivity contribution in [2.75, 3.05) is 39.3 Å². The molecule has 0 saturated carbocycles. The van der Waals surface area contributed by atoms with Gasteiger partial charge in [-0.05, 0) is 67.4 Å². The molecule has 4 rings (SSSR count). The molecule has 3 aromatic rings. The van der Waals surface area contributed by atoms with Gasteiger partial charge in [0.05, 0.1) is 20.3 Å². The van der Waals surface area contributed by atoms with Crippen LogP contribution >= 0.6 is 0 Å². The van der Waals surface area contributed by atoms with Crippen LogP contribution in [0.15, 0.2) is 66.7 Å². The van der Waals surface area contributed by atoms with E-state index in [2.05, 4.69) is 84.4 Å². The number of aryl methyl sites for hydroxylation is 2. The Kier molecular flexibility index (Phi) is 6.47. The van der Waals surface area contributed by atoms with Crippen molar-refractivity contribution in [3.05, 3.63) is 83.4 Å². The van der Waals surface area contributed by atoms with Gasteiger partial charge in [-0.25, -0.2) is 0 Å². The lowest BCUT2D eigenvalue weighted by Crippen LogP contribution is -2.34. The highest BCUT2D eigenvalue weighted by molar-refractivity contribution is 5.72. The molecular formula is C27H32N2O2. The summed E-state index contributed by atoms with van der Waals surface area (Å²) < 4.78 is 11.2. The van der Waals surface area contributed by atoms with Crippen LogP contribution in [0.3, 0.4) is 0 Å². The fourth-order valence-corrected chi connectivity index (χ4v) is 4.47. The second-order valence-electron chi connectivity index (χ2n) is 8.11. The summed E-state index contributed by atoms with van der Waals surface area (Å²) in [5.41, 5.74) is 6.57. The van der Waals surface area contributed by atoms with E-state index in [4.69, 9.17) is 9.47 Å². The second kappa shape index (κ2) is 9.44. The summed E-state index contributed by atoms with van der Waals surface area (Å²) in [6.07, 6.45) is 2.10. The molecule has 0 aromatic heterocycles. The van der Waals surface area contributed by atoms with Crippen molar-refractivity contribution >= 4 is 11.4 Å². The Hall–Kier alpha value is -2.98. The number of anilines is 2. The Bertz CT molecular complexity index is 986. The van der Waals surface area contributed by atoms with E-state index in [0.717, 1.165) is 37.4 Å². The summed E-state index contributed by atoms with van der Waals surface area (Å²) in [7, 11) is 5.57. The van der Waals surface area contributed by atoms with Gasteiger partial charge in [0.2, 0.25) is 0 Å². The number of rotatable bonds is 7. The maximum atomic E-state index is 5.65. The van der Waals surface area contributed by atoms with Gasteiger partial charge in [0.15, 0.2) is 11.5 Å². The SMILES string of the molecule is CCN(C)CC(c1ccc(OC)c(OC)c1)N1c2ccccc2CCc2ccccc21. The third-order valence-electron chi connectivity index (χ3n) is 6.29. The highest BCUT2D eigenvalue weighted by Gasteiger charge is 2.29. The van der Waals surface area contributed by atoms with Gasteiger partial charge in [-0.3, -0.25) is 0 Å². The molecule has 1 aliphatic heterocycles. The summed E-state index contributed by atoms with van der Waals surface area (Å²) in [4.78, 5) is 4.91. The van der Waals surface area contributed by atoms with E-state index < -0.39 is 0 Å². The molecule has 0 aliphatic carbocycles. The molecule has 1 atom stereocenters. The fraction of sp³-hybridized carbons (Fsp3) is 0.333. The quantitative estimate of drug-likeness (QED) is 0.498. The van der Waals surface area contributed by atoms with Gasteiger partial charge in [-0.2, -0.15) is 0 Å². The number of nitrogens with zero attached hydrogens (tertiary/aromatic N) is 2. The first-order valence-electron chi connectivity index (χ1n) is 11.0. The number of ether oxygens (including phenoxy) is 2. The van der Waals surface area contributed by atoms with E-state index in [9.17, 15) is 0 Å². The van der Waals surface area contributed by atoms with Crippen molar-refractivity contribution in [2.24, 2.45) is 0 Å². The molecule has 31 heavy (non-hydrogen) atoms. The molecule has 4 nitrogen and oxygen atoms in total. The molecule has 0 saturated heterocycles. The van der Waals surface area contributed by atoms with Crippen LogP contribution in [0.1, 0.15) is 29.7 Å². The van der Waals surface area contributed by atoms with E-state index >= 15 is 0 Å². The average Bonchev–Trinajstić information content (AvgIpc) is 2.99. The lowest BCUT2D eigenvalue weighted by atomic mass is 10.0. The van der Waals surface area contributed by atoms with E-state index in [-0.39, 0.29) is 6.04 Å². The molecule has 3 aromatic carbocycles. The second-order valence-corrected chi connectivity index (χ2v) is 8.11. The molecule has 1 heterocycles. The van der Waals surface area contributed by atoms with Crippen LogP contribution in [-0.2, 0) is 12.8 Å². The smallest absolute Gasteiger partial charge is 0.161 e. The summed E-state index contributed by atoms with van der Waals surface area (Å²) >= 11 is 0. The Balaban J connectivity index is 1.91. The van der Waals surface area contributed by atoms with Crippen LogP contribution < -0.4 is 14.4 Å². The van der Waals surface area contributed by atoms with Gasteiger partial charge >= 0.3 is 0 Å². The third kappa shape index (κ3) is 4.26. The van der Waals surface area contributed by atoms with E-state index in [1.807, 2.05) is 6.07 Å². The van der Waals surface area contributed by atoms with Crippen LogP contribution in [0.25, 0.3) is 0 Å². The molecule has 0 bridgehead atoms. The standard InChI is InChI=1S/C27H32N2O2/c1-5-28(2)19-25(22-16-17-26(30-3)27(18-22)31-4)29-23-12-8-6-10-20(23)14-15-21-11-7-9-13-24(21)29/h6-13,16-18,25H,5,14-15,19H2,1-4H3. The van der Waals surface area contributed by atoms with Crippen LogP contribution in [0.2, 0.25) is 0 Å². The Labute approximate surface area is 186 Å². The molecule has 1 aliphatic rings. The van der Waals surface area contributed by atoms with Gasteiger partial charge < -0.3 is 19.3 Å². The molecule has 0 fully saturated rings. The summed E-state index contributed by atoms with van der Waals surface area (Å²) in [6.45, 7) is 4.09. The lowest BCUT2D eigenvalue weighted by Gasteiger charge is -2.37. The molecule has 0 N–H and O–H groups in total. The summed E-state index contributed by atoms with van der Waals surface area (Å²) in [5.74, 6) is 1.52. The van der Waals surface area contributed by atoms with Gasteiger partial charge in [0.1, 0.15) is 0 Å². The number of benzene rings is 3. The molecule has 4 heteroatoms. The zero-order chi connectivity index (χ0) is 21.8. The molecule has 1 unspecified atom stereocenters. The van der Waals surface area contributed by atoms with Crippen LogP contribution in [-0.4, -0.2) is 39.3 Å². The first kappa shape index (κ1) is 21.3. The van der Waals surface area contributed by atoms with Crippen molar-refractivity contribution in [1.29, 1.82) is 0 Å². The number of para-hydroxylation sites is 2. The van der Waals surface area contributed by atoms with Crippen molar-refractivity contribution in [3.8, 4) is 11.5 Å². The van der Waals surface area contributed by atoms with E-state index in [1.54, 1.807) is 14.2 Å². The summed E-state index contributed by atoms with van der Waals surface area (Å²) in [5, 5.41) is 0. The third-order valence-corrected chi connectivity index (χ3v) is 6.29. The van der Waals surface area contributed by atoms with Crippen molar-refractivity contribution in [2.45, 2.75) is 25.8 Å². The monoisotopic (exact) mass is 416 g/mol. The van der Waals surface area contributed by atoms with E-state index in [0.29, 0.717) is 0 Å². The Morgan fingerprint density at radius 2 is 1.42 bits per heavy atom. The Morgan fingerprint density at radius 1 is 0.839 bits per heavy atom. The number of fused-ring (bicyclic) bond motifs is 2. The summed E-state index contributed by atoms with van der Waals surface area (Å²) in [6, 6.07) is 24.1. The number of hydrogen-bond acceptors (Lipinski definition) is 4. The zero-order valence-corrected chi connectivity index (χ0v) is 19.0. The largest absolute Gasteiger partial charge is 0.493 e. The van der Waals surface area contributed by atoms with Gasteiger partial charge in [0.25, 0.3) is 0 Å². The maximum Gasteiger partial charge on any atom is 0.161 e. The van der Waals surface area contributed by atoms with Crippen molar-refractivity contribution < 1.29 is 9.47 Å². The number of methoxy groups -OCH3 is 2. The fourth-order valence-electron chi connectivity index (χ4n) is 4.47. The molecule has 0 radical (unpaired) electrons. The first-order chi connectivity index (χ1) is 15.2.